The SMILES string of the molecule is CC(=O)Nc1ccc(C)c(S(=O)(=O)NCc2ccccc2[N+](=O)[O-])c1. The van der Waals surface area contributed by atoms with Gasteiger partial charge in [-0.05, 0) is 24.6 Å². The monoisotopic (exact) mass is 363 g/mol. The Hall–Kier alpha value is -2.78. The number of aryl methyl sites for hydroxylation is 1. The Kier molecular flexibility index (Phi) is 5.50. The predicted molar refractivity (Wildman–Crippen MR) is 92.6 cm³/mol. The molecule has 8 nitrogen and oxygen atoms in total. The van der Waals surface area contributed by atoms with Gasteiger partial charge in [0.05, 0.1) is 9.82 Å². The van der Waals surface area contributed by atoms with Crippen molar-refractivity contribution in [2.24, 2.45) is 0 Å². The number of para-hydroxylation sites is 1. The van der Waals surface area contributed by atoms with E-state index in [1.54, 1.807) is 25.1 Å². The van der Waals surface area contributed by atoms with Crippen LogP contribution in [0.2, 0.25) is 0 Å². The summed E-state index contributed by atoms with van der Waals surface area (Å²) in [5.74, 6) is -0.319. The molecule has 0 aliphatic carbocycles. The normalized spacial score (nSPS) is 11.1. The first-order chi connectivity index (χ1) is 11.7. The number of benzene rings is 2. The third-order valence-electron chi connectivity index (χ3n) is 3.44. The van der Waals surface area contributed by atoms with Crippen LogP contribution in [0.3, 0.4) is 0 Å². The van der Waals surface area contributed by atoms with Crippen LogP contribution in [-0.4, -0.2) is 19.2 Å². The van der Waals surface area contributed by atoms with Gasteiger partial charge in [-0.2, -0.15) is 0 Å². The summed E-state index contributed by atoms with van der Waals surface area (Å²) in [7, 11) is -3.91. The van der Waals surface area contributed by atoms with Gasteiger partial charge in [-0.3, -0.25) is 14.9 Å². The smallest absolute Gasteiger partial charge is 0.273 e. The molecule has 1 amide bonds. The quantitative estimate of drug-likeness (QED) is 0.603. The standard InChI is InChI=1S/C16H17N3O5S/c1-11-7-8-14(18-12(2)20)9-16(11)25(23,24)17-10-13-5-3-4-6-15(13)19(21)22/h3-9,17H,10H2,1-2H3,(H,18,20). The molecule has 0 aromatic heterocycles. The maximum Gasteiger partial charge on any atom is 0.273 e. The minimum atomic E-state index is -3.91. The van der Waals surface area contributed by atoms with Crippen LogP contribution in [0.1, 0.15) is 18.1 Å². The average Bonchev–Trinajstić information content (AvgIpc) is 2.54. The summed E-state index contributed by atoms with van der Waals surface area (Å²) in [6.45, 7) is 2.72. The molecule has 0 aliphatic rings. The molecule has 0 unspecified atom stereocenters. The van der Waals surface area contributed by atoms with Gasteiger partial charge in [0.15, 0.2) is 0 Å². The molecule has 0 heterocycles. The molecular formula is C16H17N3O5S. The summed E-state index contributed by atoms with van der Waals surface area (Å²) in [5.41, 5.74) is 0.939. The van der Waals surface area contributed by atoms with E-state index in [-0.39, 0.29) is 28.6 Å². The molecular weight excluding hydrogens is 346 g/mol. The Bertz CT molecular complexity index is 925. The molecule has 0 radical (unpaired) electrons. The van der Waals surface area contributed by atoms with Crippen molar-refractivity contribution in [2.75, 3.05) is 5.32 Å². The highest BCUT2D eigenvalue weighted by Crippen LogP contribution is 2.22. The van der Waals surface area contributed by atoms with Crippen molar-refractivity contribution in [1.82, 2.24) is 4.72 Å². The summed E-state index contributed by atoms with van der Waals surface area (Å²) < 4.78 is 27.5. The number of nitrogens with zero attached hydrogens (tertiary/aromatic N) is 1. The van der Waals surface area contributed by atoms with Crippen LogP contribution in [-0.2, 0) is 21.4 Å². The van der Waals surface area contributed by atoms with Gasteiger partial charge in [-0.15, -0.1) is 0 Å². The Labute approximate surface area is 145 Å². The van der Waals surface area contributed by atoms with E-state index in [1.807, 2.05) is 0 Å². The van der Waals surface area contributed by atoms with Crippen molar-refractivity contribution < 1.29 is 18.1 Å². The first kappa shape index (κ1) is 18.6. The summed E-state index contributed by atoms with van der Waals surface area (Å²) in [5, 5.41) is 13.5. The van der Waals surface area contributed by atoms with E-state index in [0.29, 0.717) is 11.3 Å². The molecule has 0 aliphatic heterocycles. The molecule has 0 saturated heterocycles. The lowest BCUT2D eigenvalue weighted by atomic mass is 10.2. The van der Waals surface area contributed by atoms with Gasteiger partial charge >= 0.3 is 0 Å². The second-order valence-electron chi connectivity index (χ2n) is 5.37. The second kappa shape index (κ2) is 7.41. The van der Waals surface area contributed by atoms with Crippen molar-refractivity contribution in [3.05, 3.63) is 63.7 Å². The fourth-order valence-corrected chi connectivity index (χ4v) is 3.53. The first-order valence-electron chi connectivity index (χ1n) is 7.31. The van der Waals surface area contributed by atoms with Crippen LogP contribution in [0.5, 0.6) is 0 Å². The number of nitro benzene ring substituents is 1. The highest BCUT2D eigenvalue weighted by molar-refractivity contribution is 7.89. The molecule has 0 bridgehead atoms. The number of rotatable bonds is 6. The van der Waals surface area contributed by atoms with Crippen LogP contribution in [0, 0.1) is 17.0 Å². The first-order valence-corrected chi connectivity index (χ1v) is 8.79. The third-order valence-corrected chi connectivity index (χ3v) is 4.98. The van der Waals surface area contributed by atoms with Gasteiger partial charge in [-0.1, -0.05) is 24.3 Å². The van der Waals surface area contributed by atoms with Crippen molar-refractivity contribution in [3.8, 4) is 0 Å². The lowest BCUT2D eigenvalue weighted by molar-refractivity contribution is -0.385. The molecule has 0 saturated carbocycles. The van der Waals surface area contributed by atoms with Crippen molar-refractivity contribution in [3.63, 3.8) is 0 Å². The molecule has 2 N–H and O–H groups in total. The van der Waals surface area contributed by atoms with E-state index in [4.69, 9.17) is 0 Å². The maximum absolute atomic E-state index is 12.6. The summed E-state index contributed by atoms with van der Waals surface area (Å²) in [4.78, 5) is 21.6. The van der Waals surface area contributed by atoms with Crippen molar-refractivity contribution in [1.29, 1.82) is 0 Å². The summed E-state index contributed by atoms with van der Waals surface area (Å²) >= 11 is 0. The zero-order chi connectivity index (χ0) is 18.6. The number of nitro groups is 1. The molecule has 2 aromatic carbocycles. The minimum Gasteiger partial charge on any atom is -0.326 e. The van der Waals surface area contributed by atoms with Crippen molar-refractivity contribution in [2.45, 2.75) is 25.3 Å². The van der Waals surface area contributed by atoms with E-state index in [0.717, 1.165) is 0 Å². The van der Waals surface area contributed by atoms with Gasteiger partial charge in [0.25, 0.3) is 5.69 Å². The molecule has 0 atom stereocenters. The van der Waals surface area contributed by atoms with E-state index in [2.05, 4.69) is 10.0 Å². The second-order valence-corrected chi connectivity index (χ2v) is 7.11. The lowest BCUT2D eigenvalue weighted by Crippen LogP contribution is -2.24. The summed E-state index contributed by atoms with van der Waals surface area (Å²) in [6, 6.07) is 10.4. The topological polar surface area (TPSA) is 118 Å². The van der Waals surface area contributed by atoms with E-state index in [9.17, 15) is 23.3 Å². The van der Waals surface area contributed by atoms with Gasteiger partial charge in [0.2, 0.25) is 15.9 Å². The Morgan fingerprint density at radius 1 is 1.20 bits per heavy atom. The zero-order valence-corrected chi connectivity index (χ0v) is 14.5. The highest BCUT2D eigenvalue weighted by Gasteiger charge is 2.20. The van der Waals surface area contributed by atoms with Gasteiger partial charge in [0, 0.05) is 30.8 Å². The van der Waals surface area contributed by atoms with E-state index >= 15 is 0 Å². The number of sulfonamides is 1. The van der Waals surface area contributed by atoms with Crippen molar-refractivity contribution >= 4 is 27.3 Å². The minimum absolute atomic E-state index is 0.00247. The van der Waals surface area contributed by atoms with Gasteiger partial charge in [-0.25, -0.2) is 13.1 Å². The highest BCUT2D eigenvalue weighted by atomic mass is 32.2. The number of hydrogen-bond acceptors (Lipinski definition) is 5. The number of hydrogen-bond donors (Lipinski definition) is 2. The fourth-order valence-electron chi connectivity index (χ4n) is 2.26. The number of carbonyl (C=O) groups is 1. The maximum atomic E-state index is 12.6. The van der Waals surface area contributed by atoms with Crippen LogP contribution >= 0.6 is 0 Å². The van der Waals surface area contributed by atoms with Gasteiger partial charge in [0.1, 0.15) is 0 Å². The number of amides is 1. The predicted octanol–water partition coefficient (Wildman–Crippen LogP) is 2.34. The van der Waals surface area contributed by atoms with E-state index < -0.39 is 14.9 Å². The average molecular weight is 363 g/mol. The number of nitrogens with one attached hydrogen (secondary N) is 2. The fraction of sp³-hybridized carbons (Fsp3) is 0.188. The zero-order valence-electron chi connectivity index (χ0n) is 13.6. The lowest BCUT2D eigenvalue weighted by Gasteiger charge is -2.11. The van der Waals surface area contributed by atoms with Gasteiger partial charge < -0.3 is 5.32 Å². The molecule has 2 aromatic rings. The molecule has 9 heteroatoms. The van der Waals surface area contributed by atoms with Crippen LogP contribution < -0.4 is 10.0 Å². The van der Waals surface area contributed by atoms with Crippen LogP contribution in [0.15, 0.2) is 47.4 Å². The third kappa shape index (κ3) is 4.61. The van der Waals surface area contributed by atoms with Crippen LogP contribution in [0.4, 0.5) is 11.4 Å². The molecule has 2 rings (SSSR count). The number of carbonyl (C=O) groups excluding carboxylic acids is 1. The molecule has 132 valence electrons. The largest absolute Gasteiger partial charge is 0.326 e. The Morgan fingerprint density at radius 2 is 1.88 bits per heavy atom. The molecule has 0 fully saturated rings. The number of anilines is 1. The molecule has 0 spiro atoms. The Morgan fingerprint density at radius 3 is 2.52 bits per heavy atom. The van der Waals surface area contributed by atoms with E-state index in [1.165, 1.54) is 31.2 Å². The molecule has 25 heavy (non-hydrogen) atoms. The Balaban J connectivity index is 2.28. The summed E-state index contributed by atoms with van der Waals surface area (Å²) in [6.07, 6.45) is 0. The van der Waals surface area contributed by atoms with Crippen LogP contribution in [0.25, 0.3) is 0 Å².